The zero-order valence-corrected chi connectivity index (χ0v) is 22.9. The van der Waals surface area contributed by atoms with Gasteiger partial charge >= 0.3 is 0 Å². The molecule has 13 heteroatoms. The fourth-order valence-electron chi connectivity index (χ4n) is 4.09. The smallest absolute Gasteiger partial charge is 0.236 e. The molecule has 0 saturated heterocycles. The lowest BCUT2D eigenvalue weighted by molar-refractivity contribution is -0.120. The Labute approximate surface area is 236 Å². The van der Waals surface area contributed by atoms with E-state index in [1.807, 2.05) is 18.2 Å². The molecule has 0 aliphatic heterocycles. The van der Waals surface area contributed by atoms with E-state index in [1.165, 1.54) is 6.33 Å². The number of aliphatic hydroxyl groups excluding tert-OH is 1. The largest absolute Gasteiger partial charge is 0.497 e. The monoisotopic (exact) mass is 569 g/mol. The second-order valence-electron chi connectivity index (χ2n) is 8.71. The number of rotatable bonds is 15. The van der Waals surface area contributed by atoms with Crippen molar-refractivity contribution in [2.45, 2.75) is 12.0 Å². The van der Waals surface area contributed by atoms with Crippen LogP contribution in [0.2, 0.25) is 0 Å². The maximum atomic E-state index is 13.3. The Bertz CT molecular complexity index is 1390. The standard InChI is InChI=1S/C27H32ClN7O5/c1-38-11-9-29-15-21(36)24(27(37)32-17-6-4-3-5-7-17)20-14-23(35-34-20)33-26-25-19(30-16-31-26)12-18(39-2)13-22(25)40-10-8-28/h3-7,12-14,16,21,24,29,36H,8-11,15H2,1-2H3,(H,32,37)(H2,30,31,33,34,35). The Hall–Kier alpha value is -3.97. The second kappa shape index (κ2) is 14.4. The topological polar surface area (TPSA) is 156 Å². The van der Waals surface area contributed by atoms with Crippen LogP contribution in [0, 0.1) is 0 Å². The number of anilines is 3. The van der Waals surface area contributed by atoms with Gasteiger partial charge in [-0.25, -0.2) is 9.97 Å². The normalized spacial score (nSPS) is 12.6. The van der Waals surface area contributed by atoms with Gasteiger partial charge in [-0.2, -0.15) is 5.10 Å². The molecular weight excluding hydrogens is 538 g/mol. The quantitative estimate of drug-likeness (QED) is 0.106. The SMILES string of the molecule is COCCNCC(O)C(C(=O)Nc1ccccc1)c1cc(Nc2ncnc3cc(OC)cc(OCCCl)c23)n[nH]1. The van der Waals surface area contributed by atoms with E-state index in [-0.39, 0.29) is 13.2 Å². The molecule has 2 aromatic heterocycles. The van der Waals surface area contributed by atoms with Crippen molar-refractivity contribution in [1.82, 2.24) is 25.5 Å². The molecule has 0 spiro atoms. The zero-order chi connectivity index (χ0) is 28.3. The first-order valence-corrected chi connectivity index (χ1v) is 13.1. The zero-order valence-electron chi connectivity index (χ0n) is 22.2. The van der Waals surface area contributed by atoms with E-state index >= 15 is 0 Å². The summed E-state index contributed by atoms with van der Waals surface area (Å²) in [7, 11) is 3.15. The third-order valence-electron chi connectivity index (χ3n) is 5.97. The van der Waals surface area contributed by atoms with E-state index in [9.17, 15) is 9.90 Å². The van der Waals surface area contributed by atoms with Crippen LogP contribution in [0.3, 0.4) is 0 Å². The number of amides is 1. The Morgan fingerprint density at radius 1 is 1.12 bits per heavy atom. The number of fused-ring (bicyclic) bond motifs is 1. The van der Waals surface area contributed by atoms with Crippen LogP contribution in [0.15, 0.2) is 54.9 Å². The average Bonchev–Trinajstić information content (AvgIpc) is 3.42. The number of aliphatic hydroxyl groups is 1. The maximum Gasteiger partial charge on any atom is 0.236 e. The minimum atomic E-state index is -1.06. The van der Waals surface area contributed by atoms with Crippen molar-refractivity contribution >= 4 is 45.7 Å². The molecule has 12 nitrogen and oxygen atoms in total. The molecule has 4 rings (SSSR count). The maximum absolute atomic E-state index is 13.3. The number of halogens is 1. The minimum absolute atomic E-state index is 0.164. The fraction of sp³-hybridized carbons (Fsp3) is 0.333. The molecule has 212 valence electrons. The highest BCUT2D eigenvalue weighted by Gasteiger charge is 2.31. The molecule has 2 aromatic carbocycles. The molecule has 1 amide bonds. The summed E-state index contributed by atoms with van der Waals surface area (Å²) in [5, 5.41) is 28.0. The number of hydrogen-bond acceptors (Lipinski definition) is 10. The second-order valence-corrected chi connectivity index (χ2v) is 9.09. The van der Waals surface area contributed by atoms with Crippen LogP contribution in [0.1, 0.15) is 11.6 Å². The summed E-state index contributed by atoms with van der Waals surface area (Å²) in [6.07, 6.45) is 0.353. The predicted molar refractivity (Wildman–Crippen MR) is 153 cm³/mol. The van der Waals surface area contributed by atoms with Crippen LogP contribution in [0.25, 0.3) is 10.9 Å². The number of aromatic nitrogens is 4. The first-order chi connectivity index (χ1) is 19.5. The Kier molecular flexibility index (Phi) is 10.5. The van der Waals surface area contributed by atoms with Crippen LogP contribution in [0.5, 0.6) is 11.5 Å². The van der Waals surface area contributed by atoms with Crippen LogP contribution in [0.4, 0.5) is 17.3 Å². The lowest BCUT2D eigenvalue weighted by atomic mass is 9.97. The van der Waals surface area contributed by atoms with Gasteiger partial charge in [0.2, 0.25) is 5.91 Å². The molecule has 0 bridgehead atoms. The highest BCUT2D eigenvalue weighted by molar-refractivity contribution is 6.18. The highest BCUT2D eigenvalue weighted by Crippen LogP contribution is 2.35. The van der Waals surface area contributed by atoms with Crippen molar-refractivity contribution in [1.29, 1.82) is 0 Å². The van der Waals surface area contributed by atoms with Crippen LogP contribution in [-0.4, -0.2) is 83.7 Å². The molecule has 0 aliphatic rings. The first kappa shape index (κ1) is 29.0. The van der Waals surface area contributed by atoms with Crippen molar-refractivity contribution in [3.05, 3.63) is 60.6 Å². The number of carbonyl (C=O) groups excluding carboxylic acids is 1. The van der Waals surface area contributed by atoms with Gasteiger partial charge in [-0.1, -0.05) is 18.2 Å². The van der Waals surface area contributed by atoms with Gasteiger partial charge in [-0.3, -0.25) is 9.89 Å². The van der Waals surface area contributed by atoms with E-state index in [0.717, 1.165) is 0 Å². The number of nitrogens with zero attached hydrogens (tertiary/aromatic N) is 3. The molecular formula is C27H32ClN7O5. The summed E-state index contributed by atoms with van der Waals surface area (Å²) in [6.45, 7) is 1.44. The van der Waals surface area contributed by atoms with E-state index in [2.05, 4.69) is 36.1 Å². The number of carbonyl (C=O) groups is 1. The third-order valence-corrected chi connectivity index (χ3v) is 6.12. The molecule has 0 fully saturated rings. The lowest BCUT2D eigenvalue weighted by Gasteiger charge is -2.21. The number of ether oxygens (including phenoxy) is 3. The van der Waals surface area contributed by atoms with Crippen molar-refractivity contribution in [3.63, 3.8) is 0 Å². The number of alkyl halides is 1. The van der Waals surface area contributed by atoms with Crippen molar-refractivity contribution in [2.24, 2.45) is 0 Å². The fourth-order valence-corrected chi connectivity index (χ4v) is 4.17. The van der Waals surface area contributed by atoms with E-state index in [4.69, 9.17) is 25.8 Å². The summed E-state index contributed by atoms with van der Waals surface area (Å²) < 4.78 is 16.3. The Balaban J connectivity index is 1.61. The molecule has 0 radical (unpaired) electrons. The summed E-state index contributed by atoms with van der Waals surface area (Å²) >= 11 is 5.85. The van der Waals surface area contributed by atoms with Gasteiger partial charge in [-0.15, -0.1) is 11.6 Å². The van der Waals surface area contributed by atoms with Gasteiger partial charge in [0.1, 0.15) is 36.2 Å². The Morgan fingerprint density at radius 2 is 1.95 bits per heavy atom. The molecule has 4 aromatic rings. The van der Waals surface area contributed by atoms with Crippen molar-refractivity contribution in [3.8, 4) is 11.5 Å². The van der Waals surface area contributed by atoms with Gasteiger partial charge in [0, 0.05) is 44.1 Å². The van der Waals surface area contributed by atoms with Crippen molar-refractivity contribution < 1.29 is 24.1 Å². The average molecular weight is 570 g/mol. The molecule has 40 heavy (non-hydrogen) atoms. The summed E-state index contributed by atoms with van der Waals surface area (Å²) in [4.78, 5) is 22.1. The number of para-hydroxylation sites is 1. The van der Waals surface area contributed by atoms with Crippen molar-refractivity contribution in [2.75, 3.05) is 57.0 Å². The molecule has 2 unspecified atom stereocenters. The minimum Gasteiger partial charge on any atom is -0.497 e. The number of aromatic amines is 1. The number of methoxy groups -OCH3 is 2. The van der Waals surface area contributed by atoms with Crippen LogP contribution in [-0.2, 0) is 9.53 Å². The van der Waals surface area contributed by atoms with Gasteiger partial charge in [-0.05, 0) is 12.1 Å². The number of benzene rings is 2. The summed E-state index contributed by atoms with van der Waals surface area (Å²) in [5.41, 5.74) is 1.62. The van der Waals surface area contributed by atoms with E-state index in [1.54, 1.807) is 44.6 Å². The summed E-state index contributed by atoms with van der Waals surface area (Å²) in [5.74, 6) is 0.836. The van der Waals surface area contributed by atoms with Gasteiger partial charge < -0.3 is 35.3 Å². The number of H-pyrrole nitrogens is 1. The molecule has 2 heterocycles. The molecule has 0 aliphatic carbocycles. The van der Waals surface area contributed by atoms with Gasteiger partial charge in [0.05, 0.1) is 42.3 Å². The molecule has 0 saturated carbocycles. The predicted octanol–water partition coefficient (Wildman–Crippen LogP) is 3.04. The van der Waals surface area contributed by atoms with E-state index in [0.29, 0.717) is 64.5 Å². The van der Waals surface area contributed by atoms with Crippen LogP contribution >= 0.6 is 11.6 Å². The van der Waals surface area contributed by atoms with E-state index < -0.39 is 17.9 Å². The first-order valence-electron chi connectivity index (χ1n) is 12.6. The van der Waals surface area contributed by atoms with Gasteiger partial charge in [0.15, 0.2) is 5.82 Å². The lowest BCUT2D eigenvalue weighted by Crippen LogP contribution is -2.39. The summed E-state index contributed by atoms with van der Waals surface area (Å²) in [6, 6.07) is 14.2. The molecule has 2 atom stereocenters. The highest BCUT2D eigenvalue weighted by atomic mass is 35.5. The number of hydrogen-bond donors (Lipinski definition) is 5. The van der Waals surface area contributed by atoms with Crippen LogP contribution < -0.4 is 25.4 Å². The van der Waals surface area contributed by atoms with Gasteiger partial charge in [0.25, 0.3) is 0 Å². The third kappa shape index (κ3) is 7.36. The number of nitrogens with one attached hydrogen (secondary N) is 4. The Morgan fingerprint density at radius 3 is 2.70 bits per heavy atom. The molecule has 5 N–H and O–H groups in total.